The molecule has 1 aromatic rings. The maximum atomic E-state index is 11.7. The maximum absolute atomic E-state index is 11.7. The van der Waals surface area contributed by atoms with Gasteiger partial charge in [-0.05, 0) is 37.1 Å². The minimum Gasteiger partial charge on any atom is -0.326 e. The standard InChI is InChI=1S/C15H17N5O/c1-3-4-5-15(21)18-14-7-6-12(8-11(14)2)19-20-13(9-16)10-17/h6-8,19H,3-5H2,1-2H3,(H,18,21). The molecule has 0 saturated carbocycles. The van der Waals surface area contributed by atoms with E-state index in [4.69, 9.17) is 10.5 Å². The van der Waals surface area contributed by atoms with Gasteiger partial charge in [0.05, 0.1) is 5.69 Å². The zero-order chi connectivity index (χ0) is 15.7. The minimum absolute atomic E-state index is 0.00470. The molecule has 0 heterocycles. The van der Waals surface area contributed by atoms with E-state index in [0.29, 0.717) is 12.1 Å². The Bertz CT molecular complexity index is 606. The van der Waals surface area contributed by atoms with Gasteiger partial charge in [-0.3, -0.25) is 10.2 Å². The summed E-state index contributed by atoms with van der Waals surface area (Å²) in [5, 5.41) is 23.7. The highest BCUT2D eigenvalue weighted by Gasteiger charge is 2.05. The van der Waals surface area contributed by atoms with Crippen LogP contribution in [0.4, 0.5) is 11.4 Å². The van der Waals surface area contributed by atoms with E-state index in [0.717, 1.165) is 24.1 Å². The van der Waals surface area contributed by atoms with Crippen LogP contribution < -0.4 is 10.7 Å². The largest absolute Gasteiger partial charge is 0.326 e. The van der Waals surface area contributed by atoms with Gasteiger partial charge in [-0.2, -0.15) is 15.6 Å². The molecule has 0 spiro atoms. The molecule has 0 fully saturated rings. The quantitative estimate of drug-likeness (QED) is 0.619. The van der Waals surface area contributed by atoms with Crippen molar-refractivity contribution in [2.24, 2.45) is 5.10 Å². The summed E-state index contributed by atoms with van der Waals surface area (Å²) in [7, 11) is 0. The van der Waals surface area contributed by atoms with Gasteiger partial charge < -0.3 is 5.32 Å². The summed E-state index contributed by atoms with van der Waals surface area (Å²) >= 11 is 0. The van der Waals surface area contributed by atoms with Crippen molar-refractivity contribution in [2.75, 3.05) is 10.7 Å². The minimum atomic E-state index is -0.246. The van der Waals surface area contributed by atoms with Gasteiger partial charge in [0, 0.05) is 12.1 Å². The van der Waals surface area contributed by atoms with Crippen LogP contribution in [0.5, 0.6) is 0 Å². The highest BCUT2D eigenvalue weighted by molar-refractivity contribution is 6.10. The zero-order valence-electron chi connectivity index (χ0n) is 12.1. The zero-order valence-corrected chi connectivity index (χ0v) is 12.1. The Labute approximate surface area is 124 Å². The molecule has 0 aliphatic carbocycles. The van der Waals surface area contributed by atoms with E-state index in [1.54, 1.807) is 30.3 Å². The van der Waals surface area contributed by atoms with Crippen molar-refractivity contribution in [1.29, 1.82) is 10.5 Å². The molecule has 1 rings (SSSR count). The summed E-state index contributed by atoms with van der Waals surface area (Å²) in [4.78, 5) is 11.7. The van der Waals surface area contributed by atoms with E-state index < -0.39 is 0 Å². The number of carbonyl (C=O) groups excluding carboxylic acids is 1. The first-order valence-corrected chi connectivity index (χ1v) is 6.65. The van der Waals surface area contributed by atoms with Gasteiger partial charge in [-0.25, -0.2) is 0 Å². The van der Waals surface area contributed by atoms with Gasteiger partial charge in [0.1, 0.15) is 12.1 Å². The topological polar surface area (TPSA) is 101 Å². The summed E-state index contributed by atoms with van der Waals surface area (Å²) in [6.07, 6.45) is 2.35. The normalized spacial score (nSPS) is 9.14. The Balaban J connectivity index is 2.73. The van der Waals surface area contributed by atoms with Crippen LogP contribution >= 0.6 is 0 Å². The van der Waals surface area contributed by atoms with Crippen LogP contribution in [0.3, 0.4) is 0 Å². The first kappa shape index (κ1) is 16.2. The highest BCUT2D eigenvalue weighted by Crippen LogP contribution is 2.20. The molecule has 0 aliphatic heterocycles. The molecule has 0 radical (unpaired) electrons. The predicted octanol–water partition coefficient (Wildman–Crippen LogP) is 2.94. The summed E-state index contributed by atoms with van der Waals surface area (Å²) in [5.74, 6) is -0.00470. The Morgan fingerprint density at radius 1 is 1.33 bits per heavy atom. The number of rotatable bonds is 6. The van der Waals surface area contributed by atoms with Crippen LogP contribution in [-0.4, -0.2) is 11.6 Å². The molecule has 0 aliphatic rings. The molecule has 1 aromatic carbocycles. The fourth-order valence-corrected chi connectivity index (χ4v) is 1.62. The van der Waals surface area contributed by atoms with Crippen LogP contribution in [-0.2, 0) is 4.79 Å². The monoisotopic (exact) mass is 283 g/mol. The Hall–Kier alpha value is -2.86. The second-order valence-electron chi connectivity index (χ2n) is 4.48. The Morgan fingerprint density at radius 2 is 2.05 bits per heavy atom. The number of carbonyl (C=O) groups is 1. The molecule has 0 bridgehead atoms. The van der Waals surface area contributed by atoms with Crippen molar-refractivity contribution in [3.8, 4) is 12.1 Å². The van der Waals surface area contributed by atoms with E-state index in [1.807, 2.05) is 13.8 Å². The van der Waals surface area contributed by atoms with Crippen molar-refractivity contribution in [2.45, 2.75) is 33.1 Å². The second kappa shape index (κ2) is 8.34. The number of hydrazone groups is 1. The lowest BCUT2D eigenvalue weighted by atomic mass is 10.1. The fraction of sp³-hybridized carbons (Fsp3) is 0.333. The lowest BCUT2D eigenvalue weighted by Crippen LogP contribution is -2.12. The van der Waals surface area contributed by atoms with Gasteiger partial charge in [0.25, 0.3) is 0 Å². The number of hydrogen-bond donors (Lipinski definition) is 2. The van der Waals surface area contributed by atoms with E-state index >= 15 is 0 Å². The van der Waals surface area contributed by atoms with E-state index in [1.165, 1.54) is 0 Å². The lowest BCUT2D eigenvalue weighted by molar-refractivity contribution is -0.116. The number of benzene rings is 1. The third-order valence-corrected chi connectivity index (χ3v) is 2.77. The number of nitrogens with one attached hydrogen (secondary N) is 2. The smallest absolute Gasteiger partial charge is 0.237 e. The third-order valence-electron chi connectivity index (χ3n) is 2.77. The Morgan fingerprint density at radius 3 is 2.62 bits per heavy atom. The van der Waals surface area contributed by atoms with Crippen molar-refractivity contribution in [3.05, 3.63) is 23.8 Å². The fourth-order valence-electron chi connectivity index (χ4n) is 1.62. The average molecular weight is 283 g/mol. The first-order valence-electron chi connectivity index (χ1n) is 6.65. The molecule has 0 aromatic heterocycles. The molecule has 0 saturated heterocycles. The molecule has 108 valence electrons. The van der Waals surface area contributed by atoms with Crippen molar-refractivity contribution < 1.29 is 4.79 Å². The number of amides is 1. The maximum Gasteiger partial charge on any atom is 0.237 e. The molecule has 0 atom stereocenters. The van der Waals surface area contributed by atoms with Gasteiger partial charge >= 0.3 is 0 Å². The molecule has 0 unspecified atom stereocenters. The first-order chi connectivity index (χ1) is 10.1. The molecular weight excluding hydrogens is 266 g/mol. The van der Waals surface area contributed by atoms with Gasteiger partial charge in [-0.1, -0.05) is 13.3 Å². The number of nitrogens with zero attached hydrogens (tertiary/aromatic N) is 3. The number of anilines is 2. The van der Waals surface area contributed by atoms with Crippen LogP contribution in [0.25, 0.3) is 0 Å². The molecule has 6 heteroatoms. The Kier molecular flexibility index (Phi) is 6.43. The van der Waals surface area contributed by atoms with Crippen molar-refractivity contribution in [1.82, 2.24) is 0 Å². The van der Waals surface area contributed by atoms with E-state index in [-0.39, 0.29) is 11.6 Å². The van der Waals surface area contributed by atoms with Gasteiger partial charge in [0.2, 0.25) is 11.6 Å². The highest BCUT2D eigenvalue weighted by atomic mass is 16.1. The molecule has 2 N–H and O–H groups in total. The molecule has 21 heavy (non-hydrogen) atoms. The summed E-state index contributed by atoms with van der Waals surface area (Å²) < 4.78 is 0. The van der Waals surface area contributed by atoms with Crippen molar-refractivity contribution in [3.63, 3.8) is 0 Å². The summed E-state index contributed by atoms with van der Waals surface area (Å²) in [5.41, 5.74) is 4.64. The van der Waals surface area contributed by atoms with Crippen LogP contribution in [0, 0.1) is 29.6 Å². The summed E-state index contributed by atoms with van der Waals surface area (Å²) in [6, 6.07) is 8.59. The van der Waals surface area contributed by atoms with E-state index in [2.05, 4.69) is 15.8 Å². The van der Waals surface area contributed by atoms with Crippen LogP contribution in [0.2, 0.25) is 0 Å². The van der Waals surface area contributed by atoms with Crippen LogP contribution in [0.1, 0.15) is 31.7 Å². The van der Waals surface area contributed by atoms with Crippen molar-refractivity contribution >= 4 is 23.0 Å². The van der Waals surface area contributed by atoms with Crippen LogP contribution in [0.15, 0.2) is 23.3 Å². The number of unbranched alkanes of at least 4 members (excludes halogenated alkanes) is 1. The third kappa shape index (κ3) is 5.33. The molecular formula is C15H17N5O. The average Bonchev–Trinajstić information content (AvgIpc) is 2.48. The SMILES string of the molecule is CCCCC(=O)Nc1ccc(NN=C(C#N)C#N)cc1C. The van der Waals surface area contributed by atoms with Gasteiger partial charge in [0.15, 0.2) is 0 Å². The van der Waals surface area contributed by atoms with E-state index in [9.17, 15) is 4.79 Å². The summed E-state index contributed by atoms with van der Waals surface area (Å²) in [6.45, 7) is 3.90. The number of aryl methyl sites for hydroxylation is 1. The second-order valence-corrected chi connectivity index (χ2v) is 4.48. The molecule has 1 amide bonds. The lowest BCUT2D eigenvalue weighted by Gasteiger charge is -2.10. The molecule has 6 nitrogen and oxygen atoms in total. The van der Waals surface area contributed by atoms with Gasteiger partial charge in [-0.15, -0.1) is 0 Å². The number of hydrogen-bond acceptors (Lipinski definition) is 5. The number of nitriles is 2. The predicted molar refractivity (Wildman–Crippen MR) is 81.6 cm³/mol.